The van der Waals surface area contributed by atoms with Crippen LogP contribution in [0.25, 0.3) is 0 Å². The zero-order chi connectivity index (χ0) is 14.0. The second-order valence-electron chi connectivity index (χ2n) is 5.50. The molecule has 0 radical (unpaired) electrons. The molecule has 1 unspecified atom stereocenters. The Bertz CT molecular complexity index is 551. The Morgan fingerprint density at radius 1 is 1.47 bits per heavy atom. The summed E-state index contributed by atoms with van der Waals surface area (Å²) in [7, 11) is 0. The SMILES string of the molecule is CC(C(=O)Nc1cc(C(C)(C)C)on1)n1ccnc1. The summed E-state index contributed by atoms with van der Waals surface area (Å²) in [5, 5.41) is 6.58. The Morgan fingerprint density at radius 2 is 2.21 bits per heavy atom. The number of carbonyl (C=O) groups is 1. The molecule has 0 aliphatic rings. The maximum atomic E-state index is 12.0. The smallest absolute Gasteiger partial charge is 0.248 e. The summed E-state index contributed by atoms with van der Waals surface area (Å²) in [5.41, 5.74) is -0.133. The molecule has 0 saturated carbocycles. The quantitative estimate of drug-likeness (QED) is 0.921. The fourth-order valence-corrected chi connectivity index (χ4v) is 1.55. The molecule has 0 aliphatic carbocycles. The van der Waals surface area contributed by atoms with Gasteiger partial charge >= 0.3 is 0 Å². The van der Waals surface area contributed by atoms with E-state index in [0.717, 1.165) is 5.76 Å². The fraction of sp³-hybridized carbons (Fsp3) is 0.462. The lowest BCUT2D eigenvalue weighted by molar-refractivity contribution is -0.118. The first kappa shape index (κ1) is 13.3. The van der Waals surface area contributed by atoms with Gasteiger partial charge in [0.15, 0.2) is 5.82 Å². The topological polar surface area (TPSA) is 73.0 Å². The predicted octanol–water partition coefficient (Wildman–Crippen LogP) is 2.37. The summed E-state index contributed by atoms with van der Waals surface area (Å²) in [6, 6.07) is 1.40. The number of hydrogen-bond acceptors (Lipinski definition) is 4. The van der Waals surface area contributed by atoms with Crippen LogP contribution in [0.4, 0.5) is 5.82 Å². The lowest BCUT2D eigenvalue weighted by Crippen LogP contribution is -2.23. The zero-order valence-corrected chi connectivity index (χ0v) is 11.5. The number of anilines is 1. The monoisotopic (exact) mass is 262 g/mol. The highest BCUT2D eigenvalue weighted by atomic mass is 16.5. The summed E-state index contributed by atoms with van der Waals surface area (Å²) in [6.07, 6.45) is 4.98. The van der Waals surface area contributed by atoms with E-state index in [4.69, 9.17) is 4.52 Å². The van der Waals surface area contributed by atoms with E-state index >= 15 is 0 Å². The number of hydrogen-bond donors (Lipinski definition) is 1. The molecule has 1 atom stereocenters. The molecule has 19 heavy (non-hydrogen) atoms. The van der Waals surface area contributed by atoms with Crippen molar-refractivity contribution in [2.45, 2.75) is 39.2 Å². The Kier molecular flexibility index (Phi) is 3.42. The molecule has 1 amide bonds. The second kappa shape index (κ2) is 4.87. The molecule has 6 nitrogen and oxygen atoms in total. The molecule has 0 bridgehead atoms. The summed E-state index contributed by atoms with van der Waals surface area (Å²) in [4.78, 5) is 15.9. The lowest BCUT2D eigenvalue weighted by Gasteiger charge is -2.12. The minimum Gasteiger partial charge on any atom is -0.359 e. The van der Waals surface area contributed by atoms with Crippen molar-refractivity contribution in [1.82, 2.24) is 14.7 Å². The zero-order valence-electron chi connectivity index (χ0n) is 11.5. The van der Waals surface area contributed by atoms with Crippen LogP contribution in [0, 0.1) is 0 Å². The van der Waals surface area contributed by atoms with Gasteiger partial charge in [-0.3, -0.25) is 4.79 Å². The van der Waals surface area contributed by atoms with E-state index in [0.29, 0.717) is 5.82 Å². The number of amides is 1. The van der Waals surface area contributed by atoms with Gasteiger partial charge in [-0.25, -0.2) is 4.98 Å². The Balaban J connectivity index is 2.05. The van der Waals surface area contributed by atoms with Gasteiger partial charge in [0.25, 0.3) is 0 Å². The number of aromatic nitrogens is 3. The minimum absolute atomic E-state index is 0.133. The molecule has 0 saturated heterocycles. The van der Waals surface area contributed by atoms with Crippen molar-refractivity contribution in [3.8, 4) is 0 Å². The van der Waals surface area contributed by atoms with Crippen LogP contribution >= 0.6 is 0 Å². The first-order valence-electron chi connectivity index (χ1n) is 6.13. The first-order valence-corrected chi connectivity index (χ1v) is 6.13. The van der Waals surface area contributed by atoms with Crippen molar-refractivity contribution in [2.24, 2.45) is 0 Å². The van der Waals surface area contributed by atoms with Crippen LogP contribution in [0.15, 0.2) is 29.3 Å². The van der Waals surface area contributed by atoms with Gasteiger partial charge in [-0.2, -0.15) is 0 Å². The van der Waals surface area contributed by atoms with Crippen molar-refractivity contribution in [3.05, 3.63) is 30.5 Å². The molecule has 0 fully saturated rings. The van der Waals surface area contributed by atoms with E-state index in [-0.39, 0.29) is 17.4 Å². The molecule has 2 heterocycles. The molecule has 0 aliphatic heterocycles. The highest BCUT2D eigenvalue weighted by Gasteiger charge is 2.21. The molecule has 0 aromatic carbocycles. The number of carbonyl (C=O) groups excluding carboxylic acids is 1. The van der Waals surface area contributed by atoms with E-state index in [9.17, 15) is 4.79 Å². The molecule has 6 heteroatoms. The molecular formula is C13H18N4O2. The third-order valence-corrected chi connectivity index (χ3v) is 2.85. The highest BCUT2D eigenvalue weighted by Crippen LogP contribution is 2.24. The number of rotatable bonds is 3. The van der Waals surface area contributed by atoms with Crippen molar-refractivity contribution in [1.29, 1.82) is 0 Å². The first-order chi connectivity index (χ1) is 8.88. The van der Waals surface area contributed by atoms with Crippen LogP contribution in [0.5, 0.6) is 0 Å². The average Bonchev–Trinajstić information content (AvgIpc) is 2.97. The van der Waals surface area contributed by atoms with Gasteiger partial charge < -0.3 is 14.4 Å². The number of nitrogens with one attached hydrogen (secondary N) is 1. The number of nitrogens with zero attached hydrogens (tertiary/aromatic N) is 3. The normalized spacial score (nSPS) is 13.3. The molecule has 2 aromatic heterocycles. The molecular weight excluding hydrogens is 244 g/mol. The maximum Gasteiger partial charge on any atom is 0.248 e. The van der Waals surface area contributed by atoms with E-state index in [1.165, 1.54) is 0 Å². The van der Waals surface area contributed by atoms with Gasteiger partial charge in [-0.05, 0) is 6.92 Å². The largest absolute Gasteiger partial charge is 0.359 e. The third-order valence-electron chi connectivity index (χ3n) is 2.85. The Hall–Kier alpha value is -2.11. The summed E-state index contributed by atoms with van der Waals surface area (Å²) < 4.78 is 6.94. The van der Waals surface area contributed by atoms with Crippen LogP contribution in [-0.2, 0) is 10.2 Å². The fourth-order valence-electron chi connectivity index (χ4n) is 1.55. The van der Waals surface area contributed by atoms with Gasteiger partial charge in [-0.15, -0.1) is 0 Å². The maximum absolute atomic E-state index is 12.0. The third kappa shape index (κ3) is 3.01. The van der Waals surface area contributed by atoms with E-state index in [2.05, 4.69) is 15.5 Å². The van der Waals surface area contributed by atoms with E-state index < -0.39 is 0 Å². The minimum atomic E-state index is -0.350. The van der Waals surface area contributed by atoms with Crippen LogP contribution < -0.4 is 5.32 Å². The van der Waals surface area contributed by atoms with Gasteiger partial charge in [0.1, 0.15) is 11.8 Å². The summed E-state index contributed by atoms with van der Waals surface area (Å²) in [5.74, 6) is 1.01. The van der Waals surface area contributed by atoms with Gasteiger partial charge in [0.2, 0.25) is 5.91 Å². The van der Waals surface area contributed by atoms with E-state index in [1.54, 1.807) is 36.3 Å². The van der Waals surface area contributed by atoms with Crippen molar-refractivity contribution < 1.29 is 9.32 Å². The Morgan fingerprint density at radius 3 is 2.74 bits per heavy atom. The number of imidazole rings is 1. The van der Waals surface area contributed by atoms with Gasteiger partial charge in [-0.1, -0.05) is 25.9 Å². The summed E-state index contributed by atoms with van der Waals surface area (Å²) in [6.45, 7) is 7.86. The molecule has 2 rings (SSSR count). The van der Waals surface area contributed by atoms with Crippen LogP contribution in [0.2, 0.25) is 0 Å². The molecule has 2 aromatic rings. The van der Waals surface area contributed by atoms with E-state index in [1.807, 2.05) is 20.8 Å². The standard InChI is InChI=1S/C13H18N4O2/c1-9(17-6-5-14-8-17)12(18)15-11-7-10(19-16-11)13(2,3)4/h5-9H,1-4H3,(H,15,16,18). The van der Waals surface area contributed by atoms with Gasteiger partial charge in [0, 0.05) is 23.9 Å². The summed E-state index contributed by atoms with van der Waals surface area (Å²) >= 11 is 0. The van der Waals surface area contributed by atoms with Crippen molar-refractivity contribution in [3.63, 3.8) is 0 Å². The molecule has 0 spiro atoms. The van der Waals surface area contributed by atoms with Crippen LogP contribution in [-0.4, -0.2) is 20.6 Å². The van der Waals surface area contributed by atoms with Crippen LogP contribution in [0.3, 0.4) is 0 Å². The molecule has 1 N–H and O–H groups in total. The van der Waals surface area contributed by atoms with Gasteiger partial charge in [0.05, 0.1) is 6.33 Å². The Labute approximate surface area is 111 Å². The van der Waals surface area contributed by atoms with Crippen molar-refractivity contribution in [2.75, 3.05) is 5.32 Å². The average molecular weight is 262 g/mol. The second-order valence-corrected chi connectivity index (χ2v) is 5.50. The van der Waals surface area contributed by atoms with Crippen molar-refractivity contribution >= 4 is 11.7 Å². The predicted molar refractivity (Wildman–Crippen MR) is 70.8 cm³/mol. The molecule has 102 valence electrons. The highest BCUT2D eigenvalue weighted by molar-refractivity contribution is 5.92. The van der Waals surface area contributed by atoms with Crippen LogP contribution in [0.1, 0.15) is 39.5 Å². The lowest BCUT2D eigenvalue weighted by atomic mass is 9.93.